The summed E-state index contributed by atoms with van der Waals surface area (Å²) in [6.45, 7) is 0. The average molecular weight is 230 g/mol. The van der Waals surface area contributed by atoms with Crippen molar-refractivity contribution >= 4 is 5.97 Å². The topological polar surface area (TPSA) is 80.9 Å². The number of aryl methyl sites for hydroxylation is 1. The zero-order valence-corrected chi connectivity index (χ0v) is 9.00. The van der Waals surface area contributed by atoms with E-state index in [2.05, 4.69) is 15.1 Å². The predicted molar refractivity (Wildman–Crippen MR) is 58.1 cm³/mol. The van der Waals surface area contributed by atoms with E-state index in [4.69, 9.17) is 5.11 Å². The predicted octanol–water partition coefficient (Wildman–Crippen LogP) is 0.849. The van der Waals surface area contributed by atoms with E-state index in [1.165, 1.54) is 17.1 Å². The lowest BCUT2D eigenvalue weighted by atomic mass is 10.2. The van der Waals surface area contributed by atoms with Crippen molar-refractivity contribution in [1.82, 2.24) is 19.7 Å². The molecule has 0 atom stereocenters. The van der Waals surface area contributed by atoms with Gasteiger partial charge in [0.05, 0.1) is 0 Å². The lowest BCUT2D eigenvalue weighted by Crippen LogP contribution is -2.06. The molecule has 0 unspecified atom stereocenters. The third-order valence-corrected chi connectivity index (χ3v) is 2.88. The van der Waals surface area contributed by atoms with Gasteiger partial charge in [-0.1, -0.05) is 0 Å². The summed E-state index contributed by atoms with van der Waals surface area (Å²) in [5.41, 5.74) is 2.14. The van der Waals surface area contributed by atoms with Crippen LogP contribution in [0.3, 0.4) is 0 Å². The molecule has 0 aromatic carbocycles. The summed E-state index contributed by atoms with van der Waals surface area (Å²) < 4.78 is 1.51. The van der Waals surface area contributed by atoms with Crippen molar-refractivity contribution in [3.05, 3.63) is 35.5 Å². The van der Waals surface area contributed by atoms with Gasteiger partial charge in [0.1, 0.15) is 6.33 Å². The van der Waals surface area contributed by atoms with Crippen molar-refractivity contribution in [2.24, 2.45) is 0 Å². The molecule has 0 aliphatic heterocycles. The number of carbonyl (C=O) groups is 1. The van der Waals surface area contributed by atoms with E-state index in [-0.39, 0.29) is 5.69 Å². The van der Waals surface area contributed by atoms with Crippen LogP contribution in [0.2, 0.25) is 0 Å². The average Bonchev–Trinajstić information content (AvgIpc) is 2.97. The molecule has 2 aromatic heterocycles. The van der Waals surface area contributed by atoms with Crippen molar-refractivity contribution in [2.75, 3.05) is 0 Å². The van der Waals surface area contributed by atoms with Gasteiger partial charge in [0.2, 0.25) is 0 Å². The molecule has 1 N–H and O–H groups in total. The zero-order chi connectivity index (χ0) is 11.8. The number of hydrogen-bond donors (Lipinski definition) is 1. The van der Waals surface area contributed by atoms with Gasteiger partial charge in [0, 0.05) is 17.5 Å². The van der Waals surface area contributed by atoms with Crippen LogP contribution in [0.1, 0.15) is 28.2 Å². The maximum absolute atomic E-state index is 10.8. The quantitative estimate of drug-likeness (QED) is 0.827. The third kappa shape index (κ3) is 1.57. The van der Waals surface area contributed by atoms with Crippen LogP contribution < -0.4 is 0 Å². The zero-order valence-electron chi connectivity index (χ0n) is 9.00. The highest BCUT2D eigenvalue weighted by molar-refractivity contribution is 5.85. The molecule has 1 aliphatic rings. The molecule has 0 saturated carbocycles. The molecule has 0 spiro atoms. The molecule has 0 radical (unpaired) electrons. The first-order valence-electron chi connectivity index (χ1n) is 5.38. The summed E-state index contributed by atoms with van der Waals surface area (Å²) in [7, 11) is 0. The Morgan fingerprint density at radius 2 is 2.24 bits per heavy atom. The van der Waals surface area contributed by atoms with Gasteiger partial charge in [-0.25, -0.2) is 19.4 Å². The molecule has 0 amide bonds. The van der Waals surface area contributed by atoms with E-state index >= 15 is 0 Å². The highest BCUT2D eigenvalue weighted by Crippen LogP contribution is 2.23. The van der Waals surface area contributed by atoms with Gasteiger partial charge in [0.15, 0.2) is 11.5 Å². The SMILES string of the molecule is O=C(O)c1ccn(-c2ncnc3c2CCC3)n1. The first-order chi connectivity index (χ1) is 8.25. The largest absolute Gasteiger partial charge is 0.476 e. The van der Waals surface area contributed by atoms with E-state index in [0.29, 0.717) is 5.82 Å². The molecular formula is C11H10N4O2. The number of hydrogen-bond acceptors (Lipinski definition) is 4. The minimum atomic E-state index is -1.03. The van der Waals surface area contributed by atoms with Crippen LogP contribution in [0.25, 0.3) is 5.82 Å². The normalized spacial score (nSPS) is 13.6. The lowest BCUT2D eigenvalue weighted by Gasteiger charge is -2.05. The Labute approximate surface area is 96.9 Å². The fraction of sp³-hybridized carbons (Fsp3) is 0.273. The maximum atomic E-state index is 10.8. The smallest absolute Gasteiger partial charge is 0.356 e. The Morgan fingerprint density at radius 3 is 3.00 bits per heavy atom. The number of carboxylic acids is 1. The third-order valence-electron chi connectivity index (χ3n) is 2.88. The molecular weight excluding hydrogens is 220 g/mol. The van der Waals surface area contributed by atoms with Crippen molar-refractivity contribution < 1.29 is 9.90 Å². The number of nitrogens with zero attached hydrogens (tertiary/aromatic N) is 4. The van der Waals surface area contributed by atoms with E-state index in [0.717, 1.165) is 30.5 Å². The number of rotatable bonds is 2. The van der Waals surface area contributed by atoms with Gasteiger partial charge < -0.3 is 5.11 Å². The number of carboxylic acid groups (broad SMARTS) is 1. The molecule has 2 heterocycles. The molecule has 6 heteroatoms. The van der Waals surface area contributed by atoms with Crippen molar-refractivity contribution in [2.45, 2.75) is 19.3 Å². The van der Waals surface area contributed by atoms with Gasteiger partial charge in [-0.3, -0.25) is 0 Å². The summed E-state index contributed by atoms with van der Waals surface area (Å²) >= 11 is 0. The molecule has 1 aliphatic carbocycles. The molecule has 0 bridgehead atoms. The monoisotopic (exact) mass is 230 g/mol. The fourth-order valence-electron chi connectivity index (χ4n) is 2.10. The first kappa shape index (κ1) is 9.95. The van der Waals surface area contributed by atoms with Gasteiger partial charge in [-0.2, -0.15) is 5.10 Å². The van der Waals surface area contributed by atoms with E-state index in [9.17, 15) is 4.79 Å². The van der Waals surface area contributed by atoms with Crippen LogP contribution in [-0.2, 0) is 12.8 Å². The maximum Gasteiger partial charge on any atom is 0.356 e. The molecule has 0 fully saturated rings. The minimum Gasteiger partial charge on any atom is -0.476 e. The van der Waals surface area contributed by atoms with Crippen molar-refractivity contribution in [3.8, 4) is 5.82 Å². The Hall–Kier alpha value is -2.24. The van der Waals surface area contributed by atoms with Crippen LogP contribution in [0.5, 0.6) is 0 Å². The van der Waals surface area contributed by atoms with Crippen LogP contribution >= 0.6 is 0 Å². The van der Waals surface area contributed by atoms with E-state index < -0.39 is 5.97 Å². The minimum absolute atomic E-state index is 0.0235. The molecule has 0 saturated heterocycles. The van der Waals surface area contributed by atoms with Gasteiger partial charge in [0.25, 0.3) is 0 Å². The van der Waals surface area contributed by atoms with Crippen molar-refractivity contribution in [1.29, 1.82) is 0 Å². The molecule has 86 valence electrons. The molecule has 3 rings (SSSR count). The standard InChI is InChI=1S/C11H10N4O2/c16-11(17)9-4-5-15(14-9)10-7-2-1-3-8(7)12-6-13-10/h4-6H,1-3H2,(H,16,17). The van der Waals surface area contributed by atoms with Crippen LogP contribution in [0.15, 0.2) is 18.6 Å². The van der Waals surface area contributed by atoms with Gasteiger partial charge >= 0.3 is 5.97 Å². The molecule has 2 aromatic rings. The van der Waals surface area contributed by atoms with E-state index in [1.54, 1.807) is 6.20 Å². The number of fused-ring (bicyclic) bond motifs is 1. The van der Waals surface area contributed by atoms with Crippen molar-refractivity contribution in [3.63, 3.8) is 0 Å². The second-order valence-corrected chi connectivity index (χ2v) is 3.93. The number of aromatic nitrogens is 4. The second-order valence-electron chi connectivity index (χ2n) is 3.93. The van der Waals surface area contributed by atoms with Crippen LogP contribution in [-0.4, -0.2) is 30.8 Å². The van der Waals surface area contributed by atoms with E-state index in [1.807, 2.05) is 0 Å². The Balaban J connectivity index is 2.09. The highest BCUT2D eigenvalue weighted by atomic mass is 16.4. The number of aromatic carboxylic acids is 1. The Morgan fingerprint density at radius 1 is 1.35 bits per heavy atom. The summed E-state index contributed by atoms with van der Waals surface area (Å²) in [6, 6.07) is 1.46. The fourth-order valence-corrected chi connectivity index (χ4v) is 2.10. The highest BCUT2D eigenvalue weighted by Gasteiger charge is 2.19. The Kier molecular flexibility index (Phi) is 2.14. The second kappa shape index (κ2) is 3.65. The van der Waals surface area contributed by atoms with Crippen LogP contribution in [0, 0.1) is 0 Å². The van der Waals surface area contributed by atoms with Gasteiger partial charge in [-0.15, -0.1) is 0 Å². The summed E-state index contributed by atoms with van der Waals surface area (Å²) in [4.78, 5) is 19.2. The first-order valence-corrected chi connectivity index (χ1v) is 5.38. The summed E-state index contributed by atoms with van der Waals surface area (Å²) in [5.74, 6) is -0.338. The molecule has 17 heavy (non-hydrogen) atoms. The summed E-state index contributed by atoms with van der Waals surface area (Å²) in [6.07, 6.45) is 6.06. The summed E-state index contributed by atoms with van der Waals surface area (Å²) in [5, 5.41) is 12.8. The van der Waals surface area contributed by atoms with Crippen LogP contribution in [0.4, 0.5) is 0 Å². The lowest BCUT2D eigenvalue weighted by molar-refractivity contribution is 0.0690. The Bertz CT molecular complexity index is 591. The molecule has 6 nitrogen and oxygen atoms in total. The van der Waals surface area contributed by atoms with Gasteiger partial charge in [-0.05, 0) is 25.3 Å².